The van der Waals surface area contributed by atoms with Crippen LogP contribution in [-0.4, -0.2) is 30.6 Å². The number of amides is 2. The Kier molecular flexibility index (Phi) is 6.70. The smallest absolute Gasteiger partial charge is 0.272 e. The summed E-state index contributed by atoms with van der Waals surface area (Å²) in [6.07, 6.45) is 3.25. The molecule has 0 aromatic heterocycles. The number of para-hydroxylation sites is 3. The number of nitrogens with zero attached hydrogens (tertiary/aromatic N) is 1. The largest absolute Gasteiger partial charge is 0.485 e. The fourth-order valence-corrected chi connectivity index (χ4v) is 4.81. The molecule has 35 heavy (non-hydrogen) atoms. The Balaban J connectivity index is 1.53. The fraction of sp³-hybridized carbons (Fsp3) is 0.310. The van der Waals surface area contributed by atoms with Gasteiger partial charge in [-0.25, -0.2) is 0 Å². The van der Waals surface area contributed by atoms with Crippen molar-refractivity contribution in [1.29, 1.82) is 0 Å². The van der Waals surface area contributed by atoms with Crippen molar-refractivity contribution >= 4 is 17.5 Å². The van der Waals surface area contributed by atoms with Crippen LogP contribution in [0, 0.1) is 6.92 Å². The van der Waals surface area contributed by atoms with E-state index < -0.39 is 12.1 Å². The summed E-state index contributed by atoms with van der Waals surface area (Å²) >= 11 is 0. The molecule has 0 bridgehead atoms. The summed E-state index contributed by atoms with van der Waals surface area (Å²) in [5.41, 5.74) is 2.47. The highest BCUT2D eigenvalue weighted by atomic mass is 16.6. The predicted molar refractivity (Wildman–Crippen MR) is 135 cm³/mol. The Morgan fingerprint density at radius 2 is 1.54 bits per heavy atom. The fourth-order valence-electron chi connectivity index (χ4n) is 4.81. The van der Waals surface area contributed by atoms with E-state index in [-0.39, 0.29) is 24.5 Å². The average Bonchev–Trinajstić information content (AvgIpc) is 3.41. The highest BCUT2D eigenvalue weighted by molar-refractivity contribution is 6.03. The van der Waals surface area contributed by atoms with Gasteiger partial charge in [0.25, 0.3) is 5.91 Å². The Hall–Kier alpha value is -3.80. The molecule has 1 fully saturated rings. The zero-order valence-electron chi connectivity index (χ0n) is 19.9. The van der Waals surface area contributed by atoms with Crippen LogP contribution < -0.4 is 19.7 Å². The van der Waals surface area contributed by atoms with Crippen LogP contribution in [0.5, 0.6) is 11.5 Å². The molecular weight excluding hydrogens is 440 g/mol. The van der Waals surface area contributed by atoms with Gasteiger partial charge >= 0.3 is 0 Å². The molecule has 6 nitrogen and oxygen atoms in total. The summed E-state index contributed by atoms with van der Waals surface area (Å²) in [6.45, 7) is 2.08. The van der Waals surface area contributed by atoms with Gasteiger partial charge in [0.1, 0.15) is 12.6 Å². The van der Waals surface area contributed by atoms with Gasteiger partial charge in [-0.1, -0.05) is 73.0 Å². The normalized spacial score (nSPS) is 18.0. The lowest BCUT2D eigenvalue weighted by Crippen LogP contribution is -2.52. The first kappa shape index (κ1) is 23.0. The van der Waals surface area contributed by atoms with Gasteiger partial charge in [-0.15, -0.1) is 0 Å². The van der Waals surface area contributed by atoms with Gasteiger partial charge < -0.3 is 14.8 Å². The number of rotatable bonds is 6. The first-order valence-corrected chi connectivity index (χ1v) is 12.2. The van der Waals surface area contributed by atoms with Crippen LogP contribution in [0.4, 0.5) is 5.69 Å². The lowest BCUT2D eigenvalue weighted by Gasteiger charge is -2.35. The van der Waals surface area contributed by atoms with Gasteiger partial charge in [0.05, 0.1) is 0 Å². The molecule has 2 atom stereocenters. The summed E-state index contributed by atoms with van der Waals surface area (Å²) in [4.78, 5) is 29.4. The SMILES string of the molecule is Cc1ccc([C@H](C(=O)NC2CCCC2)N(C(=O)[C@@H]2COc3ccccc3O2)c2ccccc2)cc1. The summed E-state index contributed by atoms with van der Waals surface area (Å²) in [7, 11) is 0. The Morgan fingerprint density at radius 1 is 0.886 bits per heavy atom. The number of anilines is 1. The second-order valence-electron chi connectivity index (χ2n) is 9.21. The minimum atomic E-state index is -0.877. The first-order chi connectivity index (χ1) is 17.1. The third-order valence-corrected chi connectivity index (χ3v) is 6.66. The van der Waals surface area contributed by atoms with Crippen molar-refractivity contribution in [2.45, 2.75) is 50.8 Å². The molecule has 3 aromatic carbocycles. The number of carbonyl (C=O) groups is 2. The van der Waals surface area contributed by atoms with Crippen molar-refractivity contribution in [1.82, 2.24) is 5.32 Å². The van der Waals surface area contributed by atoms with Crippen LogP contribution >= 0.6 is 0 Å². The van der Waals surface area contributed by atoms with E-state index in [1.165, 1.54) is 0 Å². The molecule has 2 aliphatic rings. The summed E-state index contributed by atoms with van der Waals surface area (Å²) in [6, 6.07) is 23.7. The van der Waals surface area contributed by atoms with E-state index in [0.29, 0.717) is 17.2 Å². The predicted octanol–water partition coefficient (Wildman–Crippen LogP) is 4.97. The van der Waals surface area contributed by atoms with E-state index in [0.717, 1.165) is 36.8 Å². The standard InChI is InChI=1S/C29H30N2O4/c1-20-15-17-21(18-16-20)27(28(32)30-22-9-5-6-10-22)31(23-11-3-2-4-12-23)29(33)26-19-34-24-13-7-8-14-25(24)35-26/h2-4,7-8,11-18,22,26-27H,5-6,9-10,19H2,1H3,(H,30,32)/t26-,27+/m0/s1. The zero-order valence-corrected chi connectivity index (χ0v) is 19.9. The molecule has 0 spiro atoms. The van der Waals surface area contributed by atoms with Crippen LogP contribution in [0.25, 0.3) is 0 Å². The Labute approximate surface area is 205 Å². The quantitative estimate of drug-likeness (QED) is 0.553. The number of hydrogen-bond donors (Lipinski definition) is 1. The number of carbonyl (C=O) groups excluding carboxylic acids is 2. The average molecular weight is 471 g/mol. The molecule has 3 aromatic rings. The summed E-state index contributed by atoms with van der Waals surface area (Å²) in [5, 5.41) is 3.21. The highest BCUT2D eigenvalue weighted by Gasteiger charge is 2.39. The van der Waals surface area contributed by atoms with Crippen molar-refractivity contribution < 1.29 is 19.1 Å². The lowest BCUT2D eigenvalue weighted by atomic mass is 10.00. The van der Waals surface area contributed by atoms with Crippen LogP contribution in [0.2, 0.25) is 0 Å². The van der Waals surface area contributed by atoms with Crippen molar-refractivity contribution in [2.75, 3.05) is 11.5 Å². The minimum absolute atomic E-state index is 0.0735. The molecule has 2 amide bonds. The highest BCUT2D eigenvalue weighted by Crippen LogP contribution is 2.34. The van der Waals surface area contributed by atoms with Gasteiger partial charge in [-0.3, -0.25) is 14.5 Å². The first-order valence-electron chi connectivity index (χ1n) is 12.2. The van der Waals surface area contributed by atoms with Gasteiger partial charge in [-0.05, 0) is 49.6 Å². The van der Waals surface area contributed by atoms with Gasteiger partial charge in [0.2, 0.25) is 12.0 Å². The molecule has 1 saturated carbocycles. The minimum Gasteiger partial charge on any atom is -0.485 e. The zero-order chi connectivity index (χ0) is 24.2. The second kappa shape index (κ2) is 10.2. The molecule has 1 N–H and O–H groups in total. The Morgan fingerprint density at radius 3 is 2.26 bits per heavy atom. The number of aryl methyl sites for hydroxylation is 1. The number of hydrogen-bond acceptors (Lipinski definition) is 4. The maximum atomic E-state index is 14.1. The number of nitrogens with one attached hydrogen (secondary N) is 1. The van der Waals surface area contributed by atoms with E-state index in [9.17, 15) is 9.59 Å². The van der Waals surface area contributed by atoms with Crippen molar-refractivity contribution in [3.05, 3.63) is 90.0 Å². The molecular formula is C29H30N2O4. The van der Waals surface area contributed by atoms with Crippen LogP contribution in [-0.2, 0) is 9.59 Å². The molecule has 180 valence electrons. The molecule has 0 unspecified atom stereocenters. The van der Waals surface area contributed by atoms with E-state index in [1.54, 1.807) is 11.0 Å². The van der Waals surface area contributed by atoms with Crippen LogP contribution in [0.15, 0.2) is 78.9 Å². The van der Waals surface area contributed by atoms with E-state index in [4.69, 9.17) is 9.47 Å². The molecule has 5 rings (SSSR count). The monoisotopic (exact) mass is 470 g/mol. The topological polar surface area (TPSA) is 67.9 Å². The third-order valence-electron chi connectivity index (χ3n) is 6.66. The van der Waals surface area contributed by atoms with Crippen LogP contribution in [0.1, 0.15) is 42.9 Å². The van der Waals surface area contributed by atoms with Gasteiger partial charge in [0, 0.05) is 11.7 Å². The Bertz CT molecular complexity index is 1170. The molecule has 0 saturated heterocycles. The molecule has 1 heterocycles. The maximum absolute atomic E-state index is 14.1. The van der Waals surface area contributed by atoms with Gasteiger partial charge in [-0.2, -0.15) is 0 Å². The molecule has 0 radical (unpaired) electrons. The van der Waals surface area contributed by atoms with Crippen molar-refractivity contribution in [3.8, 4) is 11.5 Å². The summed E-state index contributed by atoms with van der Waals surface area (Å²) < 4.78 is 11.9. The number of ether oxygens (including phenoxy) is 2. The maximum Gasteiger partial charge on any atom is 0.272 e. The van der Waals surface area contributed by atoms with E-state index >= 15 is 0 Å². The molecule has 1 aliphatic heterocycles. The summed E-state index contributed by atoms with van der Waals surface area (Å²) in [5.74, 6) is 0.622. The third kappa shape index (κ3) is 5.02. The lowest BCUT2D eigenvalue weighted by molar-refractivity contribution is -0.132. The van der Waals surface area contributed by atoms with Crippen LogP contribution in [0.3, 0.4) is 0 Å². The van der Waals surface area contributed by atoms with Crippen molar-refractivity contribution in [2.24, 2.45) is 0 Å². The molecule has 1 aliphatic carbocycles. The van der Waals surface area contributed by atoms with E-state index in [1.807, 2.05) is 79.7 Å². The van der Waals surface area contributed by atoms with E-state index in [2.05, 4.69) is 5.32 Å². The van der Waals surface area contributed by atoms with Gasteiger partial charge in [0.15, 0.2) is 11.5 Å². The van der Waals surface area contributed by atoms with Crippen molar-refractivity contribution in [3.63, 3.8) is 0 Å². The second-order valence-corrected chi connectivity index (χ2v) is 9.21. The number of benzene rings is 3. The molecule has 6 heteroatoms. The number of fused-ring (bicyclic) bond motifs is 1.